The van der Waals surface area contributed by atoms with Crippen LogP contribution in [0.1, 0.15) is 27.7 Å². The first kappa shape index (κ1) is 28.0. The minimum atomic E-state index is -3.57. The number of sulfonamides is 2. The monoisotopic (exact) mass is 550 g/mol. The summed E-state index contributed by atoms with van der Waals surface area (Å²) in [5.41, 5.74) is 0. The van der Waals surface area contributed by atoms with Crippen molar-refractivity contribution in [2.75, 3.05) is 52.4 Å². The molecule has 0 atom stereocenters. The van der Waals surface area contributed by atoms with Crippen molar-refractivity contribution >= 4 is 20.0 Å². The summed E-state index contributed by atoms with van der Waals surface area (Å²) in [6.07, 6.45) is 0. The zero-order chi connectivity index (χ0) is 26.8. The fraction of sp³-hybridized carbons (Fsp3) is 0.538. The van der Waals surface area contributed by atoms with Crippen LogP contribution in [-0.2, 0) is 20.0 Å². The van der Waals surface area contributed by atoms with Gasteiger partial charge in [0.05, 0.1) is 9.79 Å². The summed E-state index contributed by atoms with van der Waals surface area (Å²) in [6, 6.07) is 13.5. The lowest BCUT2D eigenvalue weighted by atomic mass is 10.3. The molecule has 0 unspecified atom stereocenters. The number of rotatable bonds is 8. The van der Waals surface area contributed by atoms with Gasteiger partial charge in [0, 0.05) is 64.4 Å². The minimum absolute atomic E-state index is 0.233. The maximum Gasteiger partial charge on any atom is 0.243 e. The molecule has 0 bridgehead atoms. The Morgan fingerprint density at radius 1 is 0.541 bits per heavy atom. The van der Waals surface area contributed by atoms with Gasteiger partial charge in [-0.1, -0.05) is 0 Å². The van der Waals surface area contributed by atoms with Gasteiger partial charge in [-0.15, -0.1) is 0 Å². The van der Waals surface area contributed by atoms with E-state index in [4.69, 9.17) is 4.74 Å². The summed E-state index contributed by atoms with van der Waals surface area (Å²) in [7, 11) is -7.13. The van der Waals surface area contributed by atoms with Crippen LogP contribution in [0.25, 0.3) is 0 Å². The average Bonchev–Trinajstić information content (AvgIpc) is 2.89. The van der Waals surface area contributed by atoms with Gasteiger partial charge in [-0.05, 0) is 76.2 Å². The number of ether oxygens (including phenoxy) is 1. The fourth-order valence-corrected chi connectivity index (χ4v) is 7.56. The first-order chi connectivity index (χ1) is 17.5. The molecular weight excluding hydrogens is 512 g/mol. The highest BCUT2D eigenvalue weighted by atomic mass is 32.2. The Kier molecular flexibility index (Phi) is 8.61. The Labute approximate surface area is 221 Å². The average molecular weight is 551 g/mol. The number of hydrogen-bond acceptors (Lipinski definition) is 7. The van der Waals surface area contributed by atoms with Crippen LogP contribution in [0.15, 0.2) is 58.3 Å². The molecule has 2 aromatic carbocycles. The van der Waals surface area contributed by atoms with Crippen molar-refractivity contribution in [3.8, 4) is 11.5 Å². The van der Waals surface area contributed by atoms with E-state index < -0.39 is 20.0 Å². The highest BCUT2D eigenvalue weighted by Gasteiger charge is 2.30. The van der Waals surface area contributed by atoms with E-state index in [1.807, 2.05) is 0 Å². The second-order valence-electron chi connectivity index (χ2n) is 10.1. The lowest BCUT2D eigenvalue weighted by molar-refractivity contribution is 0.154. The Hall–Kier alpha value is -2.02. The summed E-state index contributed by atoms with van der Waals surface area (Å²) < 4.78 is 61.1. The number of hydrogen-bond donors (Lipinski definition) is 0. The quantitative estimate of drug-likeness (QED) is 0.499. The van der Waals surface area contributed by atoms with E-state index in [1.54, 1.807) is 48.5 Å². The molecule has 2 aliphatic rings. The molecule has 9 nitrogen and oxygen atoms in total. The van der Waals surface area contributed by atoms with Crippen LogP contribution in [0, 0.1) is 0 Å². The molecule has 0 spiro atoms. The zero-order valence-electron chi connectivity index (χ0n) is 22.1. The van der Waals surface area contributed by atoms with Crippen LogP contribution in [-0.4, -0.2) is 99.7 Å². The SMILES string of the molecule is CC(C)N1CCN(S(=O)(=O)c2ccc(Oc3ccc(S(=O)(=O)N4CCN(C(C)C)CC4)cc3)cc2)CC1. The number of piperazine rings is 2. The standard InChI is InChI=1S/C26H38N4O5S2/c1-21(2)27-13-17-29(18-14-27)36(31,32)25-9-5-23(6-10-25)35-24-7-11-26(12-8-24)37(33,34)30-19-15-28(16-20-30)22(3)4/h5-12,21-22H,13-20H2,1-4H3. The molecule has 2 heterocycles. The maximum absolute atomic E-state index is 13.0. The third-order valence-corrected chi connectivity index (χ3v) is 11.0. The normalized spacial score (nSPS) is 19.5. The van der Waals surface area contributed by atoms with Gasteiger partial charge in [0.2, 0.25) is 20.0 Å². The predicted molar refractivity (Wildman–Crippen MR) is 144 cm³/mol. The molecule has 0 saturated carbocycles. The molecule has 0 aromatic heterocycles. The van der Waals surface area contributed by atoms with Crippen LogP contribution >= 0.6 is 0 Å². The Morgan fingerprint density at radius 2 is 0.838 bits per heavy atom. The van der Waals surface area contributed by atoms with Crippen molar-refractivity contribution in [3.63, 3.8) is 0 Å². The topological polar surface area (TPSA) is 90.5 Å². The van der Waals surface area contributed by atoms with Gasteiger partial charge >= 0.3 is 0 Å². The molecule has 0 N–H and O–H groups in total. The van der Waals surface area contributed by atoms with Crippen LogP contribution < -0.4 is 4.74 Å². The van der Waals surface area contributed by atoms with Crippen LogP contribution in [0.2, 0.25) is 0 Å². The molecule has 2 aliphatic heterocycles. The highest BCUT2D eigenvalue weighted by Crippen LogP contribution is 2.27. The van der Waals surface area contributed by atoms with Crippen LogP contribution in [0.3, 0.4) is 0 Å². The van der Waals surface area contributed by atoms with E-state index in [2.05, 4.69) is 37.5 Å². The summed E-state index contributed by atoms with van der Waals surface area (Å²) in [6.45, 7) is 13.2. The second-order valence-corrected chi connectivity index (χ2v) is 14.0. The summed E-state index contributed by atoms with van der Waals surface area (Å²) in [4.78, 5) is 5.01. The minimum Gasteiger partial charge on any atom is -0.457 e. The number of benzene rings is 2. The lowest BCUT2D eigenvalue weighted by Crippen LogP contribution is -2.50. The Morgan fingerprint density at radius 3 is 1.11 bits per heavy atom. The Bertz CT molecular complexity index is 1150. The van der Waals surface area contributed by atoms with Gasteiger partial charge in [0.15, 0.2) is 0 Å². The predicted octanol–water partition coefficient (Wildman–Crippen LogP) is 2.91. The summed E-state index contributed by atoms with van der Waals surface area (Å²) >= 11 is 0. The third-order valence-electron chi connectivity index (χ3n) is 7.17. The first-order valence-electron chi connectivity index (χ1n) is 12.8. The third kappa shape index (κ3) is 6.35. The van der Waals surface area contributed by atoms with Crippen molar-refractivity contribution in [1.29, 1.82) is 0 Å². The molecule has 204 valence electrons. The molecule has 11 heteroatoms. The zero-order valence-corrected chi connectivity index (χ0v) is 23.7. The van der Waals surface area contributed by atoms with Gasteiger partial charge in [-0.3, -0.25) is 9.80 Å². The molecule has 2 aromatic rings. The van der Waals surface area contributed by atoms with Gasteiger partial charge in [0.25, 0.3) is 0 Å². The number of nitrogens with zero attached hydrogens (tertiary/aromatic N) is 4. The van der Waals surface area contributed by atoms with E-state index in [0.29, 0.717) is 49.8 Å². The van der Waals surface area contributed by atoms with Crippen molar-refractivity contribution in [3.05, 3.63) is 48.5 Å². The van der Waals surface area contributed by atoms with E-state index >= 15 is 0 Å². The molecule has 2 fully saturated rings. The van der Waals surface area contributed by atoms with Crippen molar-refractivity contribution in [2.45, 2.75) is 49.6 Å². The molecule has 0 radical (unpaired) electrons. The molecule has 0 aliphatic carbocycles. The molecular formula is C26H38N4O5S2. The fourth-order valence-electron chi connectivity index (χ4n) is 4.71. The van der Waals surface area contributed by atoms with Crippen LogP contribution in [0.4, 0.5) is 0 Å². The van der Waals surface area contributed by atoms with Crippen molar-refractivity contribution in [2.24, 2.45) is 0 Å². The molecule has 0 amide bonds. The van der Waals surface area contributed by atoms with Gasteiger partial charge in [0.1, 0.15) is 11.5 Å². The van der Waals surface area contributed by atoms with Crippen LogP contribution in [0.5, 0.6) is 11.5 Å². The second kappa shape index (κ2) is 11.4. The van der Waals surface area contributed by atoms with Gasteiger partial charge < -0.3 is 4.74 Å². The Balaban J connectivity index is 1.37. The van der Waals surface area contributed by atoms with Crippen molar-refractivity contribution in [1.82, 2.24) is 18.4 Å². The van der Waals surface area contributed by atoms with E-state index in [9.17, 15) is 16.8 Å². The summed E-state index contributed by atoms with van der Waals surface area (Å²) in [5, 5.41) is 0. The molecule has 4 rings (SSSR count). The van der Waals surface area contributed by atoms with Crippen molar-refractivity contribution < 1.29 is 21.6 Å². The maximum atomic E-state index is 13.0. The van der Waals surface area contributed by atoms with Gasteiger partial charge in [-0.2, -0.15) is 8.61 Å². The molecule has 2 saturated heterocycles. The molecule has 37 heavy (non-hydrogen) atoms. The largest absolute Gasteiger partial charge is 0.457 e. The first-order valence-corrected chi connectivity index (χ1v) is 15.7. The van der Waals surface area contributed by atoms with E-state index in [1.165, 1.54) is 8.61 Å². The smallest absolute Gasteiger partial charge is 0.243 e. The lowest BCUT2D eigenvalue weighted by Gasteiger charge is -2.36. The van der Waals surface area contributed by atoms with E-state index in [-0.39, 0.29) is 9.79 Å². The van der Waals surface area contributed by atoms with E-state index in [0.717, 1.165) is 26.2 Å². The van der Waals surface area contributed by atoms with Gasteiger partial charge in [-0.25, -0.2) is 16.8 Å². The summed E-state index contributed by atoms with van der Waals surface area (Å²) in [5.74, 6) is 0.952. The highest BCUT2D eigenvalue weighted by molar-refractivity contribution is 7.89.